The van der Waals surface area contributed by atoms with Crippen LogP contribution >= 0.6 is 0 Å². The molecule has 0 spiro atoms. The molecule has 2 rings (SSSR count). The van der Waals surface area contributed by atoms with Gasteiger partial charge in [0.1, 0.15) is 5.60 Å². The zero-order valence-electron chi connectivity index (χ0n) is 10.5. The summed E-state index contributed by atoms with van der Waals surface area (Å²) < 4.78 is 5.30. The van der Waals surface area contributed by atoms with Crippen LogP contribution in [0.3, 0.4) is 0 Å². The van der Waals surface area contributed by atoms with Crippen molar-refractivity contribution in [1.29, 1.82) is 0 Å². The standard InChI is InChI=1S/C12H19NO4/c1-12(2,3)17-11(16)13-6-7-4-8(10(14)15)9(13)5-7/h7-9H,4-6H2,1-3H3,(H,14,15)/t7-,8+,9+/m0/s1. The zero-order chi connectivity index (χ0) is 12.8. The van der Waals surface area contributed by atoms with Crippen LogP contribution in [0, 0.1) is 11.8 Å². The number of piperidine rings is 1. The first-order chi connectivity index (χ1) is 7.78. The Labute approximate surface area is 101 Å². The Morgan fingerprint density at radius 3 is 2.41 bits per heavy atom. The van der Waals surface area contributed by atoms with Gasteiger partial charge in [0.15, 0.2) is 0 Å². The van der Waals surface area contributed by atoms with Gasteiger partial charge < -0.3 is 14.7 Å². The van der Waals surface area contributed by atoms with Crippen LogP contribution in [0.5, 0.6) is 0 Å². The lowest BCUT2D eigenvalue weighted by atomic mass is 9.99. The van der Waals surface area contributed by atoms with Crippen molar-refractivity contribution in [2.24, 2.45) is 11.8 Å². The largest absolute Gasteiger partial charge is 0.481 e. The van der Waals surface area contributed by atoms with Crippen LogP contribution in [0.2, 0.25) is 0 Å². The predicted octanol–water partition coefficient (Wildman–Crippen LogP) is 1.72. The molecule has 0 aromatic heterocycles. The molecule has 1 N–H and O–H groups in total. The number of likely N-dealkylation sites (tertiary alicyclic amines) is 1. The second-order valence-electron chi connectivity index (χ2n) is 5.98. The number of hydrogen-bond acceptors (Lipinski definition) is 3. The highest BCUT2D eigenvalue weighted by molar-refractivity contribution is 5.75. The highest BCUT2D eigenvalue weighted by atomic mass is 16.6. The molecule has 0 aromatic rings. The van der Waals surface area contributed by atoms with Crippen LogP contribution in [0.4, 0.5) is 4.79 Å². The summed E-state index contributed by atoms with van der Waals surface area (Å²) in [6, 6.07) is -0.174. The van der Waals surface area contributed by atoms with E-state index in [2.05, 4.69) is 0 Å². The monoisotopic (exact) mass is 241 g/mol. The van der Waals surface area contributed by atoms with E-state index in [-0.39, 0.29) is 12.1 Å². The predicted molar refractivity (Wildman–Crippen MR) is 60.6 cm³/mol. The lowest BCUT2D eigenvalue weighted by Gasteiger charge is -2.32. The number of carboxylic acid groups (broad SMARTS) is 1. The summed E-state index contributed by atoms with van der Waals surface area (Å²) in [7, 11) is 0. The summed E-state index contributed by atoms with van der Waals surface area (Å²) >= 11 is 0. The third-order valence-electron chi connectivity index (χ3n) is 3.43. The van der Waals surface area contributed by atoms with Gasteiger partial charge in [-0.1, -0.05) is 0 Å². The Morgan fingerprint density at radius 2 is 1.94 bits per heavy atom. The zero-order valence-corrected chi connectivity index (χ0v) is 10.5. The van der Waals surface area contributed by atoms with Gasteiger partial charge in [0.25, 0.3) is 0 Å². The van der Waals surface area contributed by atoms with E-state index in [4.69, 9.17) is 9.84 Å². The number of amides is 1. The maximum Gasteiger partial charge on any atom is 0.410 e. The van der Waals surface area contributed by atoms with Crippen molar-refractivity contribution in [1.82, 2.24) is 4.90 Å². The molecule has 1 aliphatic carbocycles. The van der Waals surface area contributed by atoms with Gasteiger partial charge in [-0.15, -0.1) is 0 Å². The molecule has 1 saturated carbocycles. The molecule has 0 aromatic carbocycles. The molecule has 96 valence electrons. The van der Waals surface area contributed by atoms with E-state index < -0.39 is 17.5 Å². The number of carboxylic acids is 1. The Bertz CT molecular complexity index is 347. The second-order valence-corrected chi connectivity index (χ2v) is 5.98. The first kappa shape index (κ1) is 12.2. The molecule has 1 saturated heterocycles. The normalized spacial score (nSPS) is 31.7. The number of rotatable bonds is 1. The second kappa shape index (κ2) is 3.89. The van der Waals surface area contributed by atoms with E-state index in [1.54, 1.807) is 4.90 Å². The summed E-state index contributed by atoms with van der Waals surface area (Å²) in [5.74, 6) is -0.888. The van der Waals surface area contributed by atoms with E-state index in [9.17, 15) is 9.59 Å². The topological polar surface area (TPSA) is 66.8 Å². The molecule has 1 heterocycles. The van der Waals surface area contributed by atoms with E-state index in [0.717, 1.165) is 6.42 Å². The van der Waals surface area contributed by atoms with Crippen LogP contribution in [0.25, 0.3) is 0 Å². The average molecular weight is 241 g/mol. The third-order valence-corrected chi connectivity index (χ3v) is 3.43. The molecule has 1 aliphatic heterocycles. The molecular formula is C12H19NO4. The molecule has 2 aliphatic rings. The molecule has 1 amide bonds. The van der Waals surface area contributed by atoms with E-state index in [0.29, 0.717) is 18.9 Å². The smallest absolute Gasteiger partial charge is 0.410 e. The van der Waals surface area contributed by atoms with Gasteiger partial charge in [0, 0.05) is 12.6 Å². The maximum atomic E-state index is 11.9. The van der Waals surface area contributed by atoms with Crippen molar-refractivity contribution < 1.29 is 19.4 Å². The Hall–Kier alpha value is -1.26. The van der Waals surface area contributed by atoms with E-state index >= 15 is 0 Å². The fraction of sp³-hybridized carbons (Fsp3) is 0.833. The summed E-state index contributed by atoms with van der Waals surface area (Å²) in [6.45, 7) is 6.08. The molecule has 2 bridgehead atoms. The quantitative estimate of drug-likeness (QED) is 0.759. The summed E-state index contributed by atoms with van der Waals surface area (Å²) in [5.41, 5.74) is -0.530. The van der Waals surface area contributed by atoms with Crippen LogP contribution < -0.4 is 0 Å². The van der Waals surface area contributed by atoms with Crippen molar-refractivity contribution in [2.75, 3.05) is 6.54 Å². The first-order valence-electron chi connectivity index (χ1n) is 6.00. The minimum Gasteiger partial charge on any atom is -0.481 e. The summed E-state index contributed by atoms with van der Waals surface area (Å²) in [6.07, 6.45) is 1.12. The molecule has 17 heavy (non-hydrogen) atoms. The van der Waals surface area contributed by atoms with E-state index in [1.807, 2.05) is 20.8 Å². The maximum absolute atomic E-state index is 11.9. The lowest BCUT2D eigenvalue weighted by Crippen LogP contribution is -2.46. The Balaban J connectivity index is 2.04. The average Bonchev–Trinajstić information content (AvgIpc) is 2.72. The number of carbonyl (C=O) groups excluding carboxylic acids is 1. The van der Waals surface area contributed by atoms with Crippen LogP contribution in [0.1, 0.15) is 33.6 Å². The first-order valence-corrected chi connectivity index (χ1v) is 6.00. The number of fused-ring (bicyclic) bond motifs is 2. The molecule has 3 atom stereocenters. The number of hydrogen-bond donors (Lipinski definition) is 1. The summed E-state index contributed by atoms with van der Waals surface area (Å²) in [5, 5.41) is 9.09. The number of carbonyl (C=O) groups is 2. The van der Waals surface area contributed by atoms with Gasteiger partial charge in [-0.05, 0) is 39.5 Å². The Kier molecular flexibility index (Phi) is 2.79. The highest BCUT2D eigenvalue weighted by Crippen LogP contribution is 2.42. The molecule has 2 fully saturated rings. The van der Waals surface area contributed by atoms with Crippen molar-refractivity contribution in [3.63, 3.8) is 0 Å². The fourth-order valence-electron chi connectivity index (χ4n) is 2.82. The minimum absolute atomic E-state index is 0.174. The number of ether oxygens (including phenoxy) is 1. The van der Waals surface area contributed by atoms with E-state index in [1.165, 1.54) is 0 Å². The van der Waals surface area contributed by atoms with Crippen LogP contribution in [-0.2, 0) is 9.53 Å². The Morgan fingerprint density at radius 1 is 1.29 bits per heavy atom. The van der Waals surface area contributed by atoms with Crippen molar-refractivity contribution in [2.45, 2.75) is 45.3 Å². The SMILES string of the molecule is CC(C)(C)OC(=O)N1C[C@@H]2C[C@@H]1[C@H](C(=O)O)C2. The lowest BCUT2D eigenvalue weighted by molar-refractivity contribution is -0.143. The fourth-order valence-corrected chi connectivity index (χ4v) is 2.82. The third kappa shape index (κ3) is 2.37. The van der Waals surface area contributed by atoms with Gasteiger partial charge in [-0.25, -0.2) is 4.79 Å². The molecular weight excluding hydrogens is 222 g/mol. The summed E-state index contributed by atoms with van der Waals surface area (Å²) in [4.78, 5) is 24.6. The van der Waals surface area contributed by atoms with Crippen molar-refractivity contribution >= 4 is 12.1 Å². The van der Waals surface area contributed by atoms with Gasteiger partial charge >= 0.3 is 12.1 Å². The number of aliphatic carboxylic acids is 1. The molecule has 0 unspecified atom stereocenters. The highest BCUT2D eigenvalue weighted by Gasteiger charge is 2.50. The van der Waals surface area contributed by atoms with Gasteiger partial charge in [-0.3, -0.25) is 4.79 Å². The minimum atomic E-state index is -0.800. The molecule has 5 nitrogen and oxygen atoms in total. The molecule has 5 heteroatoms. The molecule has 0 radical (unpaired) electrons. The number of nitrogens with zero attached hydrogens (tertiary/aromatic N) is 1. The van der Waals surface area contributed by atoms with Crippen molar-refractivity contribution in [3.05, 3.63) is 0 Å². The van der Waals surface area contributed by atoms with Crippen LogP contribution in [0.15, 0.2) is 0 Å². The van der Waals surface area contributed by atoms with Gasteiger partial charge in [-0.2, -0.15) is 0 Å². The van der Waals surface area contributed by atoms with Crippen LogP contribution in [-0.4, -0.2) is 40.3 Å². The van der Waals surface area contributed by atoms with Crippen molar-refractivity contribution in [3.8, 4) is 0 Å². The van der Waals surface area contributed by atoms with Gasteiger partial charge in [0.2, 0.25) is 0 Å². The van der Waals surface area contributed by atoms with Gasteiger partial charge in [0.05, 0.1) is 5.92 Å².